The zero-order valence-electron chi connectivity index (χ0n) is 10.4. The third kappa shape index (κ3) is 2.01. The van der Waals surface area contributed by atoms with Gasteiger partial charge in [-0.15, -0.1) is 0 Å². The lowest BCUT2D eigenvalue weighted by Gasteiger charge is -2.04. The Morgan fingerprint density at radius 3 is 2.79 bits per heavy atom. The lowest BCUT2D eigenvalue weighted by molar-refractivity contribution is 0.0732. The van der Waals surface area contributed by atoms with Crippen molar-refractivity contribution in [3.8, 4) is 17.2 Å². The van der Waals surface area contributed by atoms with E-state index in [0.29, 0.717) is 34.3 Å². The highest BCUT2D eigenvalue weighted by Crippen LogP contribution is 2.35. The molecule has 1 aromatic heterocycles. The van der Waals surface area contributed by atoms with Gasteiger partial charge in [0.2, 0.25) is 6.79 Å². The Morgan fingerprint density at radius 2 is 2.05 bits per heavy atom. The molecule has 0 spiro atoms. The average Bonchev–Trinajstić information content (AvgIpc) is 2.95. The molecule has 1 aromatic carbocycles. The van der Waals surface area contributed by atoms with Gasteiger partial charge in [-0.2, -0.15) is 0 Å². The summed E-state index contributed by atoms with van der Waals surface area (Å²) in [5, 5.41) is 3.72. The number of aryl methyl sites for hydroxylation is 2. The SMILES string of the molecule is Cc1noc(C)c1C(=O)Oc1ccc2c(c1)OCO2. The summed E-state index contributed by atoms with van der Waals surface area (Å²) in [4.78, 5) is 12.0. The van der Waals surface area contributed by atoms with Crippen molar-refractivity contribution in [1.29, 1.82) is 0 Å². The van der Waals surface area contributed by atoms with Crippen LogP contribution in [0.1, 0.15) is 21.8 Å². The predicted octanol–water partition coefficient (Wildman–Crippen LogP) is 2.24. The number of esters is 1. The van der Waals surface area contributed by atoms with E-state index in [1.807, 2.05) is 0 Å². The molecule has 6 nitrogen and oxygen atoms in total. The number of carbonyl (C=O) groups is 1. The predicted molar refractivity (Wildman–Crippen MR) is 63.5 cm³/mol. The molecule has 0 amide bonds. The third-order valence-electron chi connectivity index (χ3n) is 2.79. The number of ether oxygens (including phenoxy) is 3. The Morgan fingerprint density at radius 1 is 1.26 bits per heavy atom. The highest BCUT2D eigenvalue weighted by molar-refractivity contribution is 5.93. The zero-order valence-corrected chi connectivity index (χ0v) is 10.4. The lowest BCUT2D eigenvalue weighted by Crippen LogP contribution is -2.10. The van der Waals surface area contributed by atoms with Crippen molar-refractivity contribution in [3.63, 3.8) is 0 Å². The first-order chi connectivity index (χ1) is 9.15. The Hall–Kier alpha value is -2.50. The van der Waals surface area contributed by atoms with Crippen LogP contribution in [0.15, 0.2) is 22.7 Å². The van der Waals surface area contributed by atoms with Crippen molar-refractivity contribution >= 4 is 5.97 Å². The fourth-order valence-electron chi connectivity index (χ4n) is 1.87. The second kappa shape index (κ2) is 4.31. The highest BCUT2D eigenvalue weighted by Gasteiger charge is 2.21. The summed E-state index contributed by atoms with van der Waals surface area (Å²) < 4.78 is 20.6. The van der Waals surface area contributed by atoms with Crippen LogP contribution in [-0.2, 0) is 0 Å². The second-order valence-corrected chi connectivity index (χ2v) is 4.10. The summed E-state index contributed by atoms with van der Waals surface area (Å²) >= 11 is 0. The maximum absolute atomic E-state index is 12.0. The Balaban J connectivity index is 1.84. The third-order valence-corrected chi connectivity index (χ3v) is 2.79. The van der Waals surface area contributed by atoms with Crippen LogP contribution in [0.3, 0.4) is 0 Å². The Labute approximate surface area is 108 Å². The van der Waals surface area contributed by atoms with Gasteiger partial charge in [-0.3, -0.25) is 0 Å². The molecule has 0 N–H and O–H groups in total. The fourth-order valence-corrected chi connectivity index (χ4v) is 1.87. The van der Waals surface area contributed by atoms with Crippen molar-refractivity contribution in [2.24, 2.45) is 0 Å². The van der Waals surface area contributed by atoms with Gasteiger partial charge >= 0.3 is 5.97 Å². The van der Waals surface area contributed by atoms with Gasteiger partial charge < -0.3 is 18.7 Å². The first-order valence-corrected chi connectivity index (χ1v) is 5.70. The molecule has 19 heavy (non-hydrogen) atoms. The number of rotatable bonds is 2. The Kier molecular flexibility index (Phi) is 2.63. The number of fused-ring (bicyclic) bond motifs is 1. The maximum Gasteiger partial charge on any atom is 0.349 e. The molecule has 0 atom stereocenters. The highest BCUT2D eigenvalue weighted by atomic mass is 16.7. The molecule has 0 fully saturated rings. The van der Waals surface area contributed by atoms with E-state index in [1.54, 1.807) is 32.0 Å². The molecule has 0 saturated carbocycles. The average molecular weight is 261 g/mol. The summed E-state index contributed by atoms with van der Waals surface area (Å²) in [6, 6.07) is 4.94. The number of hydrogen-bond donors (Lipinski definition) is 0. The molecule has 2 heterocycles. The minimum absolute atomic E-state index is 0.177. The number of benzene rings is 1. The molecular formula is C13H11NO5. The van der Waals surface area contributed by atoms with E-state index in [2.05, 4.69) is 5.16 Å². The van der Waals surface area contributed by atoms with Crippen LogP contribution in [0.5, 0.6) is 17.2 Å². The van der Waals surface area contributed by atoms with E-state index in [-0.39, 0.29) is 6.79 Å². The van der Waals surface area contributed by atoms with Crippen molar-refractivity contribution < 1.29 is 23.5 Å². The second-order valence-electron chi connectivity index (χ2n) is 4.10. The van der Waals surface area contributed by atoms with Gasteiger partial charge in [-0.25, -0.2) is 4.79 Å². The number of aromatic nitrogens is 1. The van der Waals surface area contributed by atoms with E-state index in [9.17, 15) is 4.79 Å². The topological polar surface area (TPSA) is 70.8 Å². The monoisotopic (exact) mass is 261 g/mol. The van der Waals surface area contributed by atoms with E-state index < -0.39 is 5.97 Å². The van der Waals surface area contributed by atoms with Crippen molar-refractivity contribution in [3.05, 3.63) is 35.2 Å². The first-order valence-electron chi connectivity index (χ1n) is 5.70. The summed E-state index contributed by atoms with van der Waals surface area (Å²) in [6.07, 6.45) is 0. The number of nitrogens with zero attached hydrogens (tertiary/aromatic N) is 1. The van der Waals surface area contributed by atoms with Crippen LogP contribution in [0, 0.1) is 13.8 Å². The number of carbonyl (C=O) groups excluding carboxylic acids is 1. The van der Waals surface area contributed by atoms with E-state index in [4.69, 9.17) is 18.7 Å². The van der Waals surface area contributed by atoms with Gasteiger partial charge in [0.1, 0.15) is 17.1 Å². The van der Waals surface area contributed by atoms with Crippen molar-refractivity contribution in [2.75, 3.05) is 6.79 Å². The molecule has 98 valence electrons. The van der Waals surface area contributed by atoms with Crippen molar-refractivity contribution in [2.45, 2.75) is 13.8 Å². The van der Waals surface area contributed by atoms with Crippen LogP contribution in [0.2, 0.25) is 0 Å². The smallest absolute Gasteiger partial charge is 0.349 e. The van der Waals surface area contributed by atoms with Crippen LogP contribution in [-0.4, -0.2) is 17.9 Å². The van der Waals surface area contributed by atoms with Gasteiger partial charge in [0.15, 0.2) is 11.5 Å². The van der Waals surface area contributed by atoms with Crippen LogP contribution in [0.4, 0.5) is 0 Å². The largest absolute Gasteiger partial charge is 0.454 e. The molecule has 0 aliphatic carbocycles. The molecule has 0 bridgehead atoms. The number of hydrogen-bond acceptors (Lipinski definition) is 6. The summed E-state index contributed by atoms with van der Waals surface area (Å²) in [5.41, 5.74) is 0.848. The molecule has 6 heteroatoms. The van der Waals surface area contributed by atoms with Crippen LogP contribution in [0.25, 0.3) is 0 Å². The maximum atomic E-state index is 12.0. The summed E-state index contributed by atoms with van der Waals surface area (Å²) in [6.45, 7) is 3.53. The molecule has 0 unspecified atom stereocenters. The molecule has 1 aliphatic heterocycles. The lowest BCUT2D eigenvalue weighted by atomic mass is 10.2. The van der Waals surface area contributed by atoms with Crippen molar-refractivity contribution in [1.82, 2.24) is 5.16 Å². The summed E-state index contributed by atoms with van der Waals surface area (Å²) in [7, 11) is 0. The van der Waals surface area contributed by atoms with Gasteiger partial charge in [0.25, 0.3) is 0 Å². The zero-order chi connectivity index (χ0) is 13.4. The van der Waals surface area contributed by atoms with E-state index in [0.717, 1.165) is 0 Å². The fraction of sp³-hybridized carbons (Fsp3) is 0.231. The molecule has 1 aliphatic rings. The quantitative estimate of drug-likeness (QED) is 0.610. The molecule has 0 radical (unpaired) electrons. The molecule has 0 saturated heterocycles. The standard InChI is InChI=1S/C13H11NO5/c1-7-12(8(2)19-14-7)13(15)18-9-3-4-10-11(5-9)17-6-16-10/h3-5H,6H2,1-2H3. The minimum atomic E-state index is -0.505. The van der Waals surface area contributed by atoms with Crippen LogP contribution >= 0.6 is 0 Å². The Bertz CT molecular complexity index is 627. The molecule has 3 rings (SSSR count). The van der Waals surface area contributed by atoms with Gasteiger partial charge in [-0.05, 0) is 26.0 Å². The van der Waals surface area contributed by atoms with Gasteiger partial charge in [0.05, 0.1) is 5.69 Å². The van der Waals surface area contributed by atoms with Crippen LogP contribution < -0.4 is 14.2 Å². The van der Waals surface area contributed by atoms with E-state index in [1.165, 1.54) is 0 Å². The molecular weight excluding hydrogens is 250 g/mol. The normalized spacial score (nSPS) is 12.5. The molecule has 2 aromatic rings. The minimum Gasteiger partial charge on any atom is -0.454 e. The first kappa shape index (κ1) is 11.6. The summed E-state index contributed by atoms with van der Waals surface area (Å²) in [5.74, 6) is 1.51. The van der Waals surface area contributed by atoms with Gasteiger partial charge in [0, 0.05) is 6.07 Å². The van der Waals surface area contributed by atoms with Gasteiger partial charge in [-0.1, -0.05) is 5.16 Å². The van der Waals surface area contributed by atoms with E-state index >= 15 is 0 Å².